The highest BCUT2D eigenvalue weighted by Gasteiger charge is 2.59. The first-order valence-corrected chi connectivity index (χ1v) is 7.41. The Bertz CT molecular complexity index is 498. The molecule has 0 saturated carbocycles. The molecule has 0 amide bonds. The molecule has 3 fully saturated rings. The first-order valence-electron chi connectivity index (χ1n) is 7.41. The molecule has 0 spiro atoms. The summed E-state index contributed by atoms with van der Waals surface area (Å²) in [5.74, 6) is -0.771. The molecule has 1 aliphatic carbocycles. The monoisotopic (exact) mass is 296 g/mol. The Hall–Kier alpha value is -0.950. The molecule has 4 aliphatic rings. The van der Waals surface area contributed by atoms with E-state index in [2.05, 4.69) is 0 Å². The van der Waals surface area contributed by atoms with Crippen LogP contribution in [0.5, 0.6) is 0 Å². The van der Waals surface area contributed by atoms with Gasteiger partial charge in [0.05, 0.1) is 19.3 Å². The summed E-state index contributed by atoms with van der Waals surface area (Å²) in [6.45, 7) is 6.22. The number of carbonyl (C=O) groups is 1. The van der Waals surface area contributed by atoms with Crippen LogP contribution in [0.4, 0.5) is 0 Å². The van der Waals surface area contributed by atoms with Crippen LogP contribution < -0.4 is 0 Å². The first kappa shape index (κ1) is 13.7. The molecule has 6 atom stereocenters. The Morgan fingerprint density at radius 1 is 1.43 bits per heavy atom. The van der Waals surface area contributed by atoms with Crippen molar-refractivity contribution in [3.63, 3.8) is 0 Å². The molecule has 6 nitrogen and oxygen atoms in total. The maximum absolute atomic E-state index is 11.4. The van der Waals surface area contributed by atoms with Crippen molar-refractivity contribution in [2.45, 2.75) is 51.2 Å². The maximum atomic E-state index is 11.4. The number of fused-ring (bicyclic) bond motifs is 2. The fourth-order valence-electron chi connectivity index (χ4n) is 3.92. The third-order valence-electron chi connectivity index (χ3n) is 4.68. The van der Waals surface area contributed by atoms with Gasteiger partial charge in [-0.3, -0.25) is 4.79 Å². The highest BCUT2D eigenvalue weighted by molar-refractivity contribution is 5.66. The second kappa shape index (κ2) is 4.52. The van der Waals surface area contributed by atoms with E-state index in [4.69, 9.17) is 23.7 Å². The molecule has 0 aromatic carbocycles. The van der Waals surface area contributed by atoms with Gasteiger partial charge in [0.15, 0.2) is 12.1 Å². The van der Waals surface area contributed by atoms with E-state index in [1.807, 2.05) is 19.9 Å². The van der Waals surface area contributed by atoms with Crippen LogP contribution in [-0.4, -0.2) is 49.6 Å². The average molecular weight is 296 g/mol. The first-order chi connectivity index (χ1) is 9.94. The van der Waals surface area contributed by atoms with Gasteiger partial charge in [-0.1, -0.05) is 0 Å². The molecule has 21 heavy (non-hydrogen) atoms. The SMILES string of the molecule is CC(=O)O[C@H]1C=C2CO[C@H]3O[C@@H]4COC(C)(C)O[C@H]4[C@@H]1[C@@H]23. The number of ether oxygens (including phenoxy) is 5. The van der Waals surface area contributed by atoms with Crippen LogP contribution >= 0.6 is 0 Å². The molecule has 6 heteroatoms. The largest absolute Gasteiger partial charge is 0.458 e. The summed E-state index contributed by atoms with van der Waals surface area (Å²) >= 11 is 0. The number of carbonyl (C=O) groups excluding carboxylic acids is 1. The van der Waals surface area contributed by atoms with Crippen molar-refractivity contribution in [1.29, 1.82) is 0 Å². The van der Waals surface area contributed by atoms with Gasteiger partial charge in [0, 0.05) is 18.8 Å². The van der Waals surface area contributed by atoms with Crippen LogP contribution in [0.25, 0.3) is 0 Å². The van der Waals surface area contributed by atoms with Gasteiger partial charge in [-0.2, -0.15) is 0 Å². The van der Waals surface area contributed by atoms with E-state index in [0.29, 0.717) is 13.2 Å². The lowest BCUT2D eigenvalue weighted by Gasteiger charge is -2.49. The molecule has 0 unspecified atom stereocenters. The second-order valence-electron chi connectivity index (χ2n) is 6.57. The minimum atomic E-state index is -0.652. The highest BCUT2D eigenvalue weighted by Crippen LogP contribution is 2.50. The topological polar surface area (TPSA) is 63.2 Å². The van der Waals surface area contributed by atoms with Crippen LogP contribution in [0, 0.1) is 11.8 Å². The van der Waals surface area contributed by atoms with E-state index in [1.165, 1.54) is 6.92 Å². The Morgan fingerprint density at radius 3 is 3.00 bits per heavy atom. The molecular weight excluding hydrogens is 276 g/mol. The molecule has 116 valence electrons. The number of esters is 1. The van der Waals surface area contributed by atoms with E-state index in [-0.39, 0.29) is 42.4 Å². The fourth-order valence-corrected chi connectivity index (χ4v) is 3.92. The summed E-state index contributed by atoms with van der Waals surface area (Å²) in [5, 5.41) is 0. The second-order valence-corrected chi connectivity index (χ2v) is 6.57. The maximum Gasteiger partial charge on any atom is 0.303 e. The minimum absolute atomic E-state index is 0.0401. The third kappa shape index (κ3) is 2.12. The average Bonchev–Trinajstić information content (AvgIpc) is 2.92. The van der Waals surface area contributed by atoms with Crippen molar-refractivity contribution in [1.82, 2.24) is 0 Å². The third-order valence-corrected chi connectivity index (χ3v) is 4.68. The van der Waals surface area contributed by atoms with Crippen molar-refractivity contribution < 1.29 is 28.5 Å². The van der Waals surface area contributed by atoms with Crippen LogP contribution in [-0.2, 0) is 28.5 Å². The molecule has 3 aliphatic heterocycles. The van der Waals surface area contributed by atoms with E-state index >= 15 is 0 Å². The number of hydrogen-bond donors (Lipinski definition) is 0. The van der Waals surface area contributed by atoms with Crippen LogP contribution in [0.3, 0.4) is 0 Å². The van der Waals surface area contributed by atoms with Crippen molar-refractivity contribution in [2.24, 2.45) is 11.8 Å². The summed E-state index contributed by atoms with van der Waals surface area (Å²) in [6.07, 6.45) is 1.12. The Kier molecular flexibility index (Phi) is 2.95. The quantitative estimate of drug-likeness (QED) is 0.531. The van der Waals surface area contributed by atoms with Gasteiger partial charge >= 0.3 is 5.97 Å². The zero-order valence-electron chi connectivity index (χ0n) is 12.4. The van der Waals surface area contributed by atoms with E-state index < -0.39 is 5.79 Å². The lowest BCUT2D eigenvalue weighted by atomic mass is 9.81. The summed E-state index contributed by atoms with van der Waals surface area (Å²) in [7, 11) is 0. The van der Waals surface area contributed by atoms with E-state index in [1.54, 1.807) is 0 Å². The standard InChI is InChI=1S/C15H20O6/c1-7(16)19-9-4-8-5-17-14-11(8)12(9)13-10(20-14)6-18-15(2,3)21-13/h4,9-14H,5-6H2,1-3H3/t9-,10+,11+,12-,13+,14-/m0/s1. The van der Waals surface area contributed by atoms with Gasteiger partial charge in [0.2, 0.25) is 0 Å². The predicted molar refractivity (Wildman–Crippen MR) is 70.1 cm³/mol. The van der Waals surface area contributed by atoms with Crippen molar-refractivity contribution in [3.05, 3.63) is 11.6 Å². The lowest BCUT2D eigenvalue weighted by molar-refractivity contribution is -0.363. The summed E-state index contributed by atoms with van der Waals surface area (Å²) < 4.78 is 29.0. The Morgan fingerprint density at radius 2 is 2.24 bits per heavy atom. The molecule has 4 rings (SSSR count). The molecule has 0 radical (unpaired) electrons. The van der Waals surface area contributed by atoms with Gasteiger partial charge in [-0.25, -0.2) is 0 Å². The molecule has 0 N–H and O–H groups in total. The van der Waals surface area contributed by atoms with Gasteiger partial charge in [-0.15, -0.1) is 0 Å². The van der Waals surface area contributed by atoms with Crippen LogP contribution in [0.2, 0.25) is 0 Å². The normalized spacial score (nSPS) is 46.5. The fraction of sp³-hybridized carbons (Fsp3) is 0.800. The molecular formula is C15H20O6. The van der Waals surface area contributed by atoms with Crippen molar-refractivity contribution in [3.8, 4) is 0 Å². The number of hydrogen-bond acceptors (Lipinski definition) is 6. The Labute approximate surface area is 123 Å². The molecule has 0 aromatic heterocycles. The van der Waals surface area contributed by atoms with E-state index in [0.717, 1.165) is 5.57 Å². The summed E-state index contributed by atoms with van der Waals surface area (Å²) in [6, 6.07) is 0. The smallest absolute Gasteiger partial charge is 0.303 e. The van der Waals surface area contributed by atoms with Gasteiger partial charge in [0.1, 0.15) is 12.2 Å². The predicted octanol–water partition coefficient (Wildman–Crippen LogP) is 0.997. The van der Waals surface area contributed by atoms with Crippen LogP contribution in [0.1, 0.15) is 20.8 Å². The molecule has 0 bridgehead atoms. The zero-order valence-corrected chi connectivity index (χ0v) is 12.4. The summed E-state index contributed by atoms with van der Waals surface area (Å²) in [5.41, 5.74) is 1.16. The Balaban J connectivity index is 1.66. The van der Waals surface area contributed by atoms with Crippen molar-refractivity contribution >= 4 is 5.97 Å². The van der Waals surface area contributed by atoms with Crippen molar-refractivity contribution in [2.75, 3.05) is 13.2 Å². The van der Waals surface area contributed by atoms with Gasteiger partial charge in [0.25, 0.3) is 0 Å². The lowest BCUT2D eigenvalue weighted by Crippen LogP contribution is -2.60. The highest BCUT2D eigenvalue weighted by atomic mass is 16.8. The molecule has 3 heterocycles. The summed E-state index contributed by atoms with van der Waals surface area (Å²) in [4.78, 5) is 11.4. The minimum Gasteiger partial charge on any atom is -0.458 e. The van der Waals surface area contributed by atoms with E-state index in [9.17, 15) is 4.79 Å². The van der Waals surface area contributed by atoms with Gasteiger partial charge in [-0.05, 0) is 25.5 Å². The zero-order chi connectivity index (χ0) is 14.8. The van der Waals surface area contributed by atoms with Gasteiger partial charge < -0.3 is 23.7 Å². The molecule has 0 aromatic rings. The molecule has 3 saturated heterocycles. The number of rotatable bonds is 1. The van der Waals surface area contributed by atoms with Crippen LogP contribution in [0.15, 0.2) is 11.6 Å².